The van der Waals surface area contributed by atoms with Crippen molar-refractivity contribution in [1.29, 1.82) is 0 Å². The molecule has 0 atom stereocenters. The first-order chi connectivity index (χ1) is 15.7. The van der Waals surface area contributed by atoms with Gasteiger partial charge in [0, 0.05) is 29.9 Å². The molecule has 1 fully saturated rings. The normalized spacial score (nSPS) is 13.3. The van der Waals surface area contributed by atoms with E-state index in [2.05, 4.69) is 10.6 Å². The Kier molecular flexibility index (Phi) is 6.20. The van der Waals surface area contributed by atoms with E-state index < -0.39 is 15.9 Å². The molecule has 8 heteroatoms. The monoisotopic (exact) mass is 463 g/mol. The van der Waals surface area contributed by atoms with Crippen molar-refractivity contribution in [1.82, 2.24) is 5.32 Å². The Morgan fingerprint density at radius 2 is 1.52 bits per heavy atom. The molecule has 0 aliphatic heterocycles. The van der Waals surface area contributed by atoms with E-state index in [0.29, 0.717) is 16.9 Å². The molecule has 0 heterocycles. The van der Waals surface area contributed by atoms with Crippen molar-refractivity contribution in [2.24, 2.45) is 0 Å². The lowest BCUT2D eigenvalue weighted by molar-refractivity contribution is 0.0949. The van der Waals surface area contributed by atoms with Crippen LogP contribution in [0.2, 0.25) is 0 Å². The van der Waals surface area contributed by atoms with Crippen molar-refractivity contribution in [3.8, 4) is 0 Å². The Balaban J connectivity index is 1.52. The van der Waals surface area contributed by atoms with E-state index in [1.165, 1.54) is 29.6 Å². The van der Waals surface area contributed by atoms with Crippen LogP contribution in [0, 0.1) is 6.92 Å². The third-order valence-corrected chi connectivity index (χ3v) is 7.23. The molecule has 3 aromatic carbocycles. The van der Waals surface area contributed by atoms with Gasteiger partial charge in [-0.3, -0.25) is 13.9 Å². The average Bonchev–Trinajstić information content (AvgIpc) is 3.63. The molecule has 2 amide bonds. The smallest absolute Gasteiger partial charge is 0.264 e. The molecule has 3 aromatic rings. The van der Waals surface area contributed by atoms with Crippen LogP contribution < -0.4 is 14.9 Å². The van der Waals surface area contributed by atoms with Gasteiger partial charge in [0.15, 0.2) is 0 Å². The molecule has 4 rings (SSSR count). The van der Waals surface area contributed by atoms with E-state index in [0.717, 1.165) is 18.4 Å². The van der Waals surface area contributed by atoms with E-state index in [1.54, 1.807) is 42.5 Å². The maximum absolute atomic E-state index is 13.1. The molecule has 0 bridgehead atoms. The van der Waals surface area contributed by atoms with Crippen molar-refractivity contribution in [3.63, 3.8) is 0 Å². The van der Waals surface area contributed by atoms with Gasteiger partial charge in [-0.1, -0.05) is 29.8 Å². The van der Waals surface area contributed by atoms with Crippen molar-refractivity contribution in [2.75, 3.05) is 16.7 Å². The molecule has 2 N–H and O–H groups in total. The van der Waals surface area contributed by atoms with Crippen molar-refractivity contribution in [2.45, 2.75) is 30.7 Å². The molecular weight excluding hydrogens is 438 g/mol. The number of rotatable bonds is 7. The first-order valence-corrected chi connectivity index (χ1v) is 12.1. The lowest BCUT2D eigenvalue weighted by Crippen LogP contribution is -2.27. The summed E-state index contributed by atoms with van der Waals surface area (Å²) in [5, 5.41) is 5.65. The van der Waals surface area contributed by atoms with E-state index in [1.807, 2.05) is 19.1 Å². The van der Waals surface area contributed by atoms with Gasteiger partial charge in [-0.15, -0.1) is 0 Å². The summed E-state index contributed by atoms with van der Waals surface area (Å²) in [5.41, 5.74) is 2.65. The summed E-state index contributed by atoms with van der Waals surface area (Å²) in [5.74, 6) is -0.648. The highest BCUT2D eigenvalue weighted by atomic mass is 32.2. The minimum absolute atomic E-state index is 0.00999. The van der Waals surface area contributed by atoms with E-state index in [9.17, 15) is 18.0 Å². The number of hydrogen-bond donors (Lipinski definition) is 2. The molecule has 0 aromatic heterocycles. The second kappa shape index (κ2) is 9.07. The highest BCUT2D eigenvalue weighted by Crippen LogP contribution is 2.24. The van der Waals surface area contributed by atoms with E-state index in [4.69, 9.17) is 0 Å². The maximum atomic E-state index is 13.1. The molecule has 170 valence electrons. The number of sulfonamides is 1. The summed E-state index contributed by atoms with van der Waals surface area (Å²) in [6.45, 7) is 1.93. The Labute approximate surface area is 193 Å². The number of carbonyl (C=O) groups excluding carboxylic acids is 2. The molecule has 0 radical (unpaired) electrons. The predicted octanol–water partition coefficient (Wildman–Crippen LogP) is 3.96. The molecule has 7 nitrogen and oxygen atoms in total. The Hall–Kier alpha value is -3.65. The predicted molar refractivity (Wildman–Crippen MR) is 128 cm³/mol. The van der Waals surface area contributed by atoms with Gasteiger partial charge in [-0.05, 0) is 68.3 Å². The van der Waals surface area contributed by atoms with Gasteiger partial charge in [0.1, 0.15) is 0 Å². The lowest BCUT2D eigenvalue weighted by Gasteiger charge is -2.20. The standard InChI is InChI=1S/C25H25N3O4S/c1-17-9-13-22(14-10-17)28(2)33(31,32)23-8-4-6-19(16-23)25(30)27-21-7-3-5-18(15-21)24(29)26-20-11-12-20/h3-10,13-16,20H,11-12H2,1-2H3,(H,26,29)(H,27,30). The third-order valence-electron chi connectivity index (χ3n) is 5.45. The summed E-state index contributed by atoms with van der Waals surface area (Å²) < 4.78 is 27.4. The number of nitrogens with one attached hydrogen (secondary N) is 2. The minimum atomic E-state index is -3.86. The first kappa shape index (κ1) is 22.5. The average molecular weight is 464 g/mol. The highest BCUT2D eigenvalue weighted by Gasteiger charge is 2.24. The van der Waals surface area contributed by atoms with Crippen LogP contribution in [0.15, 0.2) is 77.7 Å². The molecule has 33 heavy (non-hydrogen) atoms. The van der Waals surface area contributed by atoms with Crippen LogP contribution in [0.5, 0.6) is 0 Å². The van der Waals surface area contributed by atoms with Crippen molar-refractivity contribution in [3.05, 3.63) is 89.5 Å². The Morgan fingerprint density at radius 3 is 2.18 bits per heavy atom. The molecule has 0 unspecified atom stereocenters. The summed E-state index contributed by atoms with van der Waals surface area (Å²) in [4.78, 5) is 25.1. The fraction of sp³-hybridized carbons (Fsp3) is 0.200. The molecule has 1 aliphatic carbocycles. The van der Waals surface area contributed by atoms with Gasteiger partial charge >= 0.3 is 0 Å². The fourth-order valence-corrected chi connectivity index (χ4v) is 4.53. The summed E-state index contributed by atoms with van der Waals surface area (Å²) >= 11 is 0. The summed E-state index contributed by atoms with van der Waals surface area (Å²) in [7, 11) is -2.38. The zero-order chi connectivity index (χ0) is 23.6. The van der Waals surface area contributed by atoms with E-state index >= 15 is 0 Å². The second-order valence-corrected chi connectivity index (χ2v) is 10.1. The van der Waals surface area contributed by atoms with Crippen LogP contribution in [0.25, 0.3) is 0 Å². The fourth-order valence-electron chi connectivity index (χ4n) is 3.29. The van der Waals surface area contributed by atoms with Crippen LogP contribution in [0.3, 0.4) is 0 Å². The highest BCUT2D eigenvalue weighted by molar-refractivity contribution is 7.92. The Bertz CT molecular complexity index is 1300. The lowest BCUT2D eigenvalue weighted by atomic mass is 10.1. The number of nitrogens with zero attached hydrogens (tertiary/aromatic N) is 1. The van der Waals surface area contributed by atoms with Crippen LogP contribution in [0.1, 0.15) is 39.1 Å². The second-order valence-electron chi connectivity index (χ2n) is 8.12. The summed E-state index contributed by atoms with van der Waals surface area (Å²) in [6, 6.07) is 19.9. The van der Waals surface area contributed by atoms with Gasteiger partial charge in [0.25, 0.3) is 21.8 Å². The van der Waals surface area contributed by atoms with E-state index in [-0.39, 0.29) is 22.4 Å². The zero-order valence-electron chi connectivity index (χ0n) is 18.4. The number of hydrogen-bond acceptors (Lipinski definition) is 4. The van der Waals surface area contributed by atoms with Gasteiger partial charge in [-0.2, -0.15) is 0 Å². The molecular formula is C25H25N3O4S. The quantitative estimate of drug-likeness (QED) is 0.554. The summed E-state index contributed by atoms with van der Waals surface area (Å²) in [6.07, 6.45) is 1.97. The number of benzene rings is 3. The molecule has 0 saturated heterocycles. The topological polar surface area (TPSA) is 95.6 Å². The molecule has 1 aliphatic rings. The number of amides is 2. The zero-order valence-corrected chi connectivity index (χ0v) is 19.2. The number of anilines is 2. The van der Waals surface area contributed by atoms with Crippen LogP contribution in [-0.4, -0.2) is 33.3 Å². The minimum Gasteiger partial charge on any atom is -0.349 e. The van der Waals surface area contributed by atoms with Crippen molar-refractivity contribution >= 4 is 33.2 Å². The van der Waals surface area contributed by atoms with Gasteiger partial charge in [0.2, 0.25) is 0 Å². The maximum Gasteiger partial charge on any atom is 0.264 e. The number of carbonyl (C=O) groups is 2. The SMILES string of the molecule is Cc1ccc(N(C)S(=O)(=O)c2cccc(C(=O)Nc3cccc(C(=O)NC4CC4)c3)c2)cc1. The molecule has 1 saturated carbocycles. The van der Waals surface area contributed by atoms with Gasteiger partial charge < -0.3 is 10.6 Å². The van der Waals surface area contributed by atoms with Crippen LogP contribution >= 0.6 is 0 Å². The largest absolute Gasteiger partial charge is 0.349 e. The third kappa shape index (κ3) is 5.23. The molecule has 0 spiro atoms. The van der Waals surface area contributed by atoms with Gasteiger partial charge in [0.05, 0.1) is 10.6 Å². The van der Waals surface area contributed by atoms with Gasteiger partial charge in [-0.25, -0.2) is 8.42 Å². The first-order valence-electron chi connectivity index (χ1n) is 10.6. The number of aryl methyl sites for hydroxylation is 1. The van der Waals surface area contributed by atoms with Crippen LogP contribution in [0.4, 0.5) is 11.4 Å². The van der Waals surface area contributed by atoms with Crippen LogP contribution in [-0.2, 0) is 10.0 Å². The Morgan fingerprint density at radius 1 is 0.879 bits per heavy atom. The van der Waals surface area contributed by atoms with Crippen molar-refractivity contribution < 1.29 is 18.0 Å².